The Hall–Kier alpha value is -1.83. The summed E-state index contributed by atoms with van der Waals surface area (Å²) in [4.78, 5) is 4.21. The van der Waals surface area contributed by atoms with Crippen LogP contribution in [-0.4, -0.2) is 4.98 Å². The minimum atomic E-state index is 0.610. The number of hydrogen-bond donors (Lipinski definition) is 1. The summed E-state index contributed by atoms with van der Waals surface area (Å²) < 4.78 is 0. The molecule has 2 heteroatoms. The number of nitrogens with zero attached hydrogens (tertiary/aromatic N) is 1. The van der Waals surface area contributed by atoms with Crippen molar-refractivity contribution in [2.24, 2.45) is 0 Å². The Morgan fingerprint density at radius 3 is 2.71 bits per heavy atom. The van der Waals surface area contributed by atoms with E-state index in [0.717, 1.165) is 17.5 Å². The van der Waals surface area contributed by atoms with Crippen molar-refractivity contribution in [3.63, 3.8) is 0 Å². The normalized spacial score (nSPS) is 10.5. The predicted octanol–water partition coefficient (Wildman–Crippen LogP) is 3.59. The van der Waals surface area contributed by atoms with Gasteiger partial charge in [0.15, 0.2) is 0 Å². The monoisotopic (exact) mass is 226 g/mol. The van der Waals surface area contributed by atoms with Gasteiger partial charge in [-0.15, -0.1) is 0 Å². The van der Waals surface area contributed by atoms with Gasteiger partial charge in [-0.3, -0.25) is 0 Å². The van der Waals surface area contributed by atoms with Crippen LogP contribution in [0.25, 0.3) is 11.1 Å². The first-order valence-corrected chi connectivity index (χ1v) is 6.02. The lowest BCUT2D eigenvalue weighted by atomic mass is 10.0. The molecule has 88 valence electrons. The topological polar surface area (TPSA) is 38.9 Å². The standard InChI is InChI=1S/C15H18N2/c1-3-5-12-6-4-7-13(9-12)14-8-11(2)15(16)17-10-14/h4,6-10H,3,5H2,1-2H3,(H2,16,17). The maximum absolute atomic E-state index is 5.73. The molecule has 0 amide bonds. The molecule has 0 unspecified atom stereocenters. The molecule has 0 spiro atoms. The van der Waals surface area contributed by atoms with Crippen molar-refractivity contribution in [3.05, 3.63) is 47.7 Å². The number of aromatic nitrogens is 1. The van der Waals surface area contributed by atoms with Crippen molar-refractivity contribution in [2.45, 2.75) is 26.7 Å². The average Bonchev–Trinajstić information content (AvgIpc) is 2.33. The molecule has 0 saturated heterocycles. The second kappa shape index (κ2) is 5.00. The van der Waals surface area contributed by atoms with Crippen LogP contribution in [0.4, 0.5) is 5.82 Å². The summed E-state index contributed by atoms with van der Waals surface area (Å²) in [6, 6.07) is 10.7. The molecule has 1 aromatic carbocycles. The number of pyridine rings is 1. The van der Waals surface area contributed by atoms with E-state index in [2.05, 4.69) is 42.2 Å². The van der Waals surface area contributed by atoms with Crippen LogP contribution in [-0.2, 0) is 6.42 Å². The van der Waals surface area contributed by atoms with Crippen molar-refractivity contribution in [3.8, 4) is 11.1 Å². The molecular weight excluding hydrogens is 208 g/mol. The van der Waals surface area contributed by atoms with E-state index in [1.165, 1.54) is 17.5 Å². The molecule has 1 heterocycles. The second-order valence-corrected chi connectivity index (χ2v) is 4.38. The van der Waals surface area contributed by atoms with E-state index in [9.17, 15) is 0 Å². The van der Waals surface area contributed by atoms with Crippen LogP contribution in [0.3, 0.4) is 0 Å². The summed E-state index contributed by atoms with van der Waals surface area (Å²) in [5.41, 5.74) is 10.5. The van der Waals surface area contributed by atoms with Crippen LogP contribution in [0.5, 0.6) is 0 Å². The van der Waals surface area contributed by atoms with Crippen molar-refractivity contribution >= 4 is 5.82 Å². The van der Waals surface area contributed by atoms with Gasteiger partial charge in [-0.25, -0.2) is 4.98 Å². The largest absolute Gasteiger partial charge is 0.383 e. The number of nitrogen functional groups attached to an aromatic ring is 1. The number of hydrogen-bond acceptors (Lipinski definition) is 2. The fraction of sp³-hybridized carbons (Fsp3) is 0.267. The van der Waals surface area contributed by atoms with Crippen molar-refractivity contribution in [1.29, 1.82) is 0 Å². The average molecular weight is 226 g/mol. The number of nitrogens with two attached hydrogens (primary N) is 1. The summed E-state index contributed by atoms with van der Waals surface area (Å²) in [6.07, 6.45) is 4.13. The van der Waals surface area contributed by atoms with Crippen LogP contribution in [0.15, 0.2) is 36.5 Å². The molecule has 2 nitrogen and oxygen atoms in total. The number of benzene rings is 1. The Balaban J connectivity index is 2.38. The van der Waals surface area contributed by atoms with Gasteiger partial charge in [0, 0.05) is 11.8 Å². The molecule has 0 aliphatic heterocycles. The minimum absolute atomic E-state index is 0.610. The van der Waals surface area contributed by atoms with E-state index >= 15 is 0 Å². The molecule has 0 saturated carbocycles. The highest BCUT2D eigenvalue weighted by Gasteiger charge is 2.02. The van der Waals surface area contributed by atoms with Crippen LogP contribution >= 0.6 is 0 Å². The Labute approximate surface area is 103 Å². The summed E-state index contributed by atoms with van der Waals surface area (Å²) >= 11 is 0. The Bertz CT molecular complexity index is 518. The van der Waals surface area contributed by atoms with E-state index in [1.54, 1.807) is 0 Å². The number of aryl methyl sites for hydroxylation is 2. The van der Waals surface area contributed by atoms with Gasteiger partial charge in [0.05, 0.1) is 0 Å². The van der Waals surface area contributed by atoms with Gasteiger partial charge in [-0.2, -0.15) is 0 Å². The van der Waals surface area contributed by atoms with Crippen LogP contribution in [0, 0.1) is 6.92 Å². The van der Waals surface area contributed by atoms with Crippen LogP contribution < -0.4 is 5.73 Å². The fourth-order valence-corrected chi connectivity index (χ4v) is 1.94. The molecule has 17 heavy (non-hydrogen) atoms. The summed E-state index contributed by atoms with van der Waals surface area (Å²) in [6.45, 7) is 4.18. The van der Waals surface area contributed by atoms with E-state index in [0.29, 0.717) is 5.82 Å². The fourth-order valence-electron chi connectivity index (χ4n) is 1.94. The lowest BCUT2D eigenvalue weighted by molar-refractivity contribution is 0.922. The lowest BCUT2D eigenvalue weighted by Gasteiger charge is -2.06. The molecule has 0 radical (unpaired) electrons. The second-order valence-electron chi connectivity index (χ2n) is 4.38. The quantitative estimate of drug-likeness (QED) is 0.868. The van der Waals surface area contributed by atoms with E-state index < -0.39 is 0 Å². The van der Waals surface area contributed by atoms with E-state index in [4.69, 9.17) is 5.73 Å². The Morgan fingerprint density at radius 2 is 2.00 bits per heavy atom. The number of anilines is 1. The van der Waals surface area contributed by atoms with Crippen LogP contribution in [0.2, 0.25) is 0 Å². The molecule has 2 aromatic rings. The zero-order valence-electron chi connectivity index (χ0n) is 10.4. The highest BCUT2D eigenvalue weighted by Crippen LogP contribution is 2.22. The highest BCUT2D eigenvalue weighted by molar-refractivity contribution is 5.65. The van der Waals surface area contributed by atoms with E-state index in [-0.39, 0.29) is 0 Å². The van der Waals surface area contributed by atoms with Crippen molar-refractivity contribution in [1.82, 2.24) is 4.98 Å². The van der Waals surface area contributed by atoms with Gasteiger partial charge in [0.1, 0.15) is 5.82 Å². The molecule has 0 fully saturated rings. The maximum atomic E-state index is 5.73. The summed E-state index contributed by atoms with van der Waals surface area (Å²) in [7, 11) is 0. The van der Waals surface area contributed by atoms with Gasteiger partial charge >= 0.3 is 0 Å². The zero-order chi connectivity index (χ0) is 12.3. The molecule has 0 bridgehead atoms. The maximum Gasteiger partial charge on any atom is 0.126 e. The first kappa shape index (κ1) is 11.6. The van der Waals surface area contributed by atoms with Gasteiger partial charge in [0.25, 0.3) is 0 Å². The molecule has 0 atom stereocenters. The van der Waals surface area contributed by atoms with Crippen molar-refractivity contribution in [2.75, 3.05) is 5.73 Å². The number of rotatable bonds is 3. The summed E-state index contributed by atoms with van der Waals surface area (Å²) in [5, 5.41) is 0. The minimum Gasteiger partial charge on any atom is -0.383 e. The molecule has 0 aliphatic rings. The molecule has 2 rings (SSSR count). The highest BCUT2D eigenvalue weighted by atomic mass is 14.8. The van der Waals surface area contributed by atoms with E-state index in [1.807, 2.05) is 13.1 Å². The molecule has 0 aliphatic carbocycles. The summed E-state index contributed by atoms with van der Waals surface area (Å²) in [5.74, 6) is 0.610. The third-order valence-electron chi connectivity index (χ3n) is 2.92. The molecular formula is C15H18N2. The van der Waals surface area contributed by atoms with Crippen molar-refractivity contribution < 1.29 is 0 Å². The molecule has 2 N–H and O–H groups in total. The van der Waals surface area contributed by atoms with Gasteiger partial charge in [-0.1, -0.05) is 37.6 Å². The Morgan fingerprint density at radius 1 is 1.18 bits per heavy atom. The Kier molecular flexibility index (Phi) is 3.43. The SMILES string of the molecule is CCCc1cccc(-c2cnc(N)c(C)c2)c1. The predicted molar refractivity (Wildman–Crippen MR) is 72.8 cm³/mol. The van der Waals surface area contributed by atoms with Gasteiger partial charge < -0.3 is 5.73 Å². The van der Waals surface area contributed by atoms with Crippen LogP contribution in [0.1, 0.15) is 24.5 Å². The lowest BCUT2D eigenvalue weighted by Crippen LogP contribution is -1.94. The third kappa shape index (κ3) is 2.64. The first-order valence-electron chi connectivity index (χ1n) is 6.02. The smallest absolute Gasteiger partial charge is 0.126 e. The molecule has 1 aromatic heterocycles. The van der Waals surface area contributed by atoms with Gasteiger partial charge in [0.2, 0.25) is 0 Å². The third-order valence-corrected chi connectivity index (χ3v) is 2.92. The van der Waals surface area contributed by atoms with Gasteiger partial charge in [-0.05, 0) is 36.1 Å². The zero-order valence-corrected chi connectivity index (χ0v) is 10.4. The first-order chi connectivity index (χ1) is 8.20.